The molecule has 4 rings (SSSR count). The van der Waals surface area contributed by atoms with E-state index in [2.05, 4.69) is 15.4 Å². The van der Waals surface area contributed by atoms with Crippen LogP contribution in [0.3, 0.4) is 0 Å². The number of alkyl halides is 3. The van der Waals surface area contributed by atoms with Crippen molar-refractivity contribution < 1.29 is 46.8 Å². The van der Waals surface area contributed by atoms with Gasteiger partial charge >= 0.3 is 13.8 Å². The molecule has 2 aliphatic rings. The molecule has 0 saturated carbocycles. The standard InChI is InChI=1S/C28H35F3N5O7P/c1-35-14-18-6-5-7-21(23(18)27(35)37)34-36-15-20(28(29,30)31)26(32-16-36)33-24-19(17(10-12-41-2)11-13-42-3)8-9-22(25(24)43-4)44(38,39)40/h5,7-9,14,16-17,33,37H,6,10-13,15H2,1-4H3,(H2,38,39,40). The van der Waals surface area contributed by atoms with Gasteiger partial charge in [0.25, 0.3) is 0 Å². The van der Waals surface area contributed by atoms with Gasteiger partial charge in [0.05, 0.1) is 36.2 Å². The molecule has 4 N–H and O–H groups in total. The van der Waals surface area contributed by atoms with Crippen LogP contribution < -0.4 is 15.4 Å². The number of fused-ring (bicyclic) bond motifs is 1. The first kappa shape index (κ1) is 33.3. The normalized spacial score (nSPS) is 16.3. The molecule has 2 aromatic rings. The molecule has 12 nitrogen and oxygen atoms in total. The van der Waals surface area contributed by atoms with E-state index in [9.17, 15) is 32.6 Å². The predicted octanol–water partition coefficient (Wildman–Crippen LogP) is 3.75. The zero-order chi connectivity index (χ0) is 32.2. The number of hydrogen-bond acceptors (Lipinski definition) is 9. The van der Waals surface area contributed by atoms with E-state index >= 15 is 0 Å². The zero-order valence-corrected chi connectivity index (χ0v) is 25.5. The summed E-state index contributed by atoms with van der Waals surface area (Å²) in [6, 6.07) is 2.66. The summed E-state index contributed by atoms with van der Waals surface area (Å²) in [5, 5.41) is 18.0. The highest BCUT2D eigenvalue weighted by Crippen LogP contribution is 2.45. The van der Waals surface area contributed by atoms with Crippen molar-refractivity contribution in [1.82, 2.24) is 9.58 Å². The van der Waals surface area contributed by atoms with E-state index in [1.54, 1.807) is 25.4 Å². The van der Waals surface area contributed by atoms with Crippen LogP contribution >= 0.6 is 7.60 Å². The van der Waals surface area contributed by atoms with Crippen molar-refractivity contribution in [2.75, 3.05) is 46.4 Å². The van der Waals surface area contributed by atoms with E-state index in [4.69, 9.17) is 14.2 Å². The fourth-order valence-corrected chi connectivity index (χ4v) is 5.91. The summed E-state index contributed by atoms with van der Waals surface area (Å²) in [6.45, 7) is -0.108. The number of ether oxygens (including phenoxy) is 3. The van der Waals surface area contributed by atoms with Gasteiger partial charge < -0.3 is 39.0 Å². The van der Waals surface area contributed by atoms with Crippen LogP contribution in [0.2, 0.25) is 0 Å². The first-order chi connectivity index (χ1) is 20.8. The number of nitrogens with zero attached hydrogens (tertiary/aromatic N) is 4. The minimum Gasteiger partial charge on any atom is -0.494 e. The Morgan fingerprint density at radius 3 is 2.43 bits per heavy atom. The number of aromatic hydroxyl groups is 1. The highest BCUT2D eigenvalue weighted by molar-refractivity contribution is 7.60. The molecular weight excluding hydrogens is 606 g/mol. The molecule has 0 fully saturated rings. The quantitative estimate of drug-likeness (QED) is 0.254. The largest absolute Gasteiger partial charge is 0.494 e. The maximum Gasteiger partial charge on any atom is 0.418 e. The molecule has 1 aliphatic carbocycles. The molecule has 1 aliphatic heterocycles. The van der Waals surface area contributed by atoms with Gasteiger partial charge in [0.15, 0.2) is 5.75 Å². The smallest absolute Gasteiger partial charge is 0.418 e. The van der Waals surface area contributed by atoms with Gasteiger partial charge in [0, 0.05) is 40.7 Å². The van der Waals surface area contributed by atoms with E-state index in [1.165, 1.54) is 38.0 Å². The molecule has 0 unspecified atom stereocenters. The number of hydrogen-bond donors (Lipinski definition) is 4. The third-order valence-corrected chi connectivity index (χ3v) is 8.29. The van der Waals surface area contributed by atoms with Gasteiger partial charge in [-0.15, -0.1) is 0 Å². The number of benzene rings is 1. The Morgan fingerprint density at radius 2 is 1.84 bits per heavy atom. The van der Waals surface area contributed by atoms with Gasteiger partial charge in [-0.3, -0.25) is 4.57 Å². The van der Waals surface area contributed by atoms with Crippen molar-refractivity contribution in [3.8, 4) is 11.6 Å². The second kappa shape index (κ2) is 13.6. The molecule has 1 aromatic carbocycles. The lowest BCUT2D eigenvalue weighted by molar-refractivity contribution is -0.0957. The molecule has 16 heteroatoms. The van der Waals surface area contributed by atoms with E-state index in [-0.39, 0.29) is 28.9 Å². The van der Waals surface area contributed by atoms with Crippen molar-refractivity contribution in [3.05, 3.63) is 58.6 Å². The van der Waals surface area contributed by atoms with Crippen LogP contribution in [0.5, 0.6) is 11.6 Å². The number of allylic oxidation sites excluding steroid dienone is 2. The molecule has 0 atom stereocenters. The number of halogens is 3. The van der Waals surface area contributed by atoms with Crippen LogP contribution in [-0.4, -0.2) is 83.8 Å². The molecule has 1 aromatic heterocycles. The number of nitrogens with one attached hydrogen (secondary N) is 1. The average molecular weight is 642 g/mol. The lowest BCUT2D eigenvalue weighted by Crippen LogP contribution is -2.33. The minimum atomic E-state index is -4.90. The monoisotopic (exact) mass is 641 g/mol. The number of anilines is 1. The topological polar surface area (TPSA) is 150 Å². The van der Waals surface area contributed by atoms with Gasteiger partial charge in [0.2, 0.25) is 5.88 Å². The van der Waals surface area contributed by atoms with Crippen LogP contribution in [0, 0.1) is 0 Å². The molecule has 2 heterocycles. The zero-order valence-electron chi connectivity index (χ0n) is 24.6. The molecule has 0 spiro atoms. The maximum atomic E-state index is 14.5. The molecule has 0 amide bonds. The number of rotatable bonds is 12. The Hall–Kier alpha value is -3.62. The van der Waals surface area contributed by atoms with E-state index < -0.39 is 37.0 Å². The molecule has 44 heavy (non-hydrogen) atoms. The lowest BCUT2D eigenvalue weighted by Gasteiger charge is -2.28. The highest BCUT2D eigenvalue weighted by atomic mass is 31.2. The number of methoxy groups -OCH3 is 3. The summed E-state index contributed by atoms with van der Waals surface area (Å²) in [5.74, 6) is -1.29. The third kappa shape index (κ3) is 7.19. The summed E-state index contributed by atoms with van der Waals surface area (Å²) in [6.07, 6.45) is 2.79. The van der Waals surface area contributed by atoms with E-state index in [1.807, 2.05) is 0 Å². The lowest BCUT2D eigenvalue weighted by atomic mass is 9.91. The Kier molecular flexibility index (Phi) is 10.3. The van der Waals surface area contributed by atoms with Crippen molar-refractivity contribution in [1.29, 1.82) is 0 Å². The van der Waals surface area contributed by atoms with Crippen molar-refractivity contribution in [2.24, 2.45) is 17.1 Å². The fourth-order valence-electron chi connectivity index (χ4n) is 5.17. The summed E-state index contributed by atoms with van der Waals surface area (Å²) >= 11 is 0. The molecule has 0 bridgehead atoms. The Labute approximate surface area is 252 Å². The van der Waals surface area contributed by atoms with Gasteiger partial charge in [0.1, 0.15) is 17.5 Å². The SMILES string of the molecule is COCCC(CCOC)c1ccc(P(=O)(O)O)c(OC)c1NC1=C(C(F)(F)F)CN(N=C2C=CCc3cn(C)c(O)c32)C=N1. The fraction of sp³-hybridized carbons (Fsp3) is 0.429. The number of hydrazone groups is 1. The average Bonchev–Trinajstić information content (AvgIpc) is 3.26. The highest BCUT2D eigenvalue weighted by Gasteiger charge is 2.40. The van der Waals surface area contributed by atoms with Crippen molar-refractivity contribution in [3.63, 3.8) is 0 Å². The predicted molar refractivity (Wildman–Crippen MR) is 159 cm³/mol. The summed E-state index contributed by atoms with van der Waals surface area (Å²) in [7, 11) is 0.952. The number of aryl methyl sites for hydroxylation is 1. The van der Waals surface area contributed by atoms with Crippen LogP contribution in [0.4, 0.5) is 18.9 Å². The maximum absolute atomic E-state index is 14.5. The van der Waals surface area contributed by atoms with E-state index in [0.29, 0.717) is 43.6 Å². The third-order valence-electron chi connectivity index (χ3n) is 7.31. The molecular formula is C28H35F3N5O7P. The summed E-state index contributed by atoms with van der Waals surface area (Å²) in [5.41, 5.74) is 0.766. The second-order valence-corrected chi connectivity index (χ2v) is 11.8. The van der Waals surface area contributed by atoms with Gasteiger partial charge in [-0.1, -0.05) is 12.1 Å². The summed E-state index contributed by atoms with van der Waals surface area (Å²) < 4.78 is 73.2. The van der Waals surface area contributed by atoms with Crippen molar-refractivity contribution >= 4 is 30.6 Å². The molecule has 0 saturated heterocycles. The molecule has 0 radical (unpaired) electrons. The van der Waals surface area contributed by atoms with E-state index in [0.717, 1.165) is 16.9 Å². The van der Waals surface area contributed by atoms with Gasteiger partial charge in [-0.2, -0.15) is 18.3 Å². The Morgan fingerprint density at radius 1 is 1.16 bits per heavy atom. The van der Waals surface area contributed by atoms with Crippen LogP contribution in [0.1, 0.15) is 35.4 Å². The summed E-state index contributed by atoms with van der Waals surface area (Å²) in [4.78, 5) is 24.0. The first-order valence-corrected chi connectivity index (χ1v) is 15.2. The van der Waals surface area contributed by atoms with Crippen LogP contribution in [0.15, 0.2) is 52.0 Å². The van der Waals surface area contributed by atoms with Gasteiger partial charge in [-0.05, 0) is 48.4 Å². The Balaban J connectivity index is 1.80. The number of aromatic nitrogens is 1. The number of aliphatic imine (C=N–C) groups is 1. The second-order valence-electron chi connectivity index (χ2n) is 10.2. The molecule has 240 valence electrons. The first-order valence-electron chi connectivity index (χ1n) is 13.6. The van der Waals surface area contributed by atoms with Crippen LogP contribution in [0.25, 0.3) is 0 Å². The van der Waals surface area contributed by atoms with Crippen LogP contribution in [-0.2, 0) is 27.5 Å². The van der Waals surface area contributed by atoms with Crippen molar-refractivity contribution in [2.45, 2.75) is 31.4 Å². The van der Waals surface area contributed by atoms with Gasteiger partial charge in [-0.25, -0.2) is 10.0 Å². The Bertz CT molecular complexity index is 1540. The minimum absolute atomic E-state index is 0.0618.